The molecule has 0 aromatic heterocycles. The molecule has 0 saturated carbocycles. The van der Waals surface area contributed by atoms with Crippen molar-refractivity contribution >= 4 is 0 Å². The largest absolute Gasteiger partial charge is 0.396 e. The van der Waals surface area contributed by atoms with Gasteiger partial charge in [-0.05, 0) is 24.0 Å². The fourth-order valence-electron chi connectivity index (χ4n) is 3.54. The first-order chi connectivity index (χ1) is 11.8. The Kier molecular flexibility index (Phi) is 6.41. The molecule has 1 fully saturated rings. The quantitative estimate of drug-likeness (QED) is 0.848. The molecule has 0 radical (unpaired) electrons. The molecular formula is C21H28N2O. The van der Waals surface area contributed by atoms with E-state index in [9.17, 15) is 5.11 Å². The van der Waals surface area contributed by atoms with E-state index in [0.717, 1.165) is 45.6 Å². The summed E-state index contributed by atoms with van der Waals surface area (Å²) in [5.74, 6) is 0. The van der Waals surface area contributed by atoms with Crippen LogP contribution in [0.5, 0.6) is 0 Å². The second kappa shape index (κ2) is 8.97. The Hall–Kier alpha value is -1.68. The lowest BCUT2D eigenvalue weighted by Crippen LogP contribution is -2.53. The van der Waals surface area contributed by atoms with Crippen LogP contribution in [0.25, 0.3) is 0 Å². The summed E-state index contributed by atoms with van der Waals surface area (Å²) in [6, 6.07) is 21.8. The van der Waals surface area contributed by atoms with Gasteiger partial charge in [0.15, 0.2) is 0 Å². The van der Waals surface area contributed by atoms with E-state index in [1.165, 1.54) is 11.1 Å². The maximum absolute atomic E-state index is 9.45. The summed E-state index contributed by atoms with van der Waals surface area (Å²) in [6.45, 7) is 5.60. The van der Waals surface area contributed by atoms with Gasteiger partial charge in [0, 0.05) is 45.4 Å². The molecule has 1 saturated heterocycles. The van der Waals surface area contributed by atoms with Crippen molar-refractivity contribution in [3.8, 4) is 0 Å². The van der Waals surface area contributed by atoms with E-state index >= 15 is 0 Å². The molecule has 3 nitrogen and oxygen atoms in total. The van der Waals surface area contributed by atoms with E-state index in [0.29, 0.717) is 6.04 Å². The predicted octanol–water partition coefficient (Wildman–Crippen LogP) is 2.80. The van der Waals surface area contributed by atoms with Gasteiger partial charge in [0.1, 0.15) is 0 Å². The third-order valence-electron chi connectivity index (χ3n) is 4.94. The molecule has 1 aliphatic heterocycles. The summed E-state index contributed by atoms with van der Waals surface area (Å²) in [5.41, 5.74) is 2.76. The highest BCUT2D eigenvalue weighted by atomic mass is 16.3. The number of piperazine rings is 1. The van der Waals surface area contributed by atoms with Crippen LogP contribution in [0.3, 0.4) is 0 Å². The number of nitrogens with zero attached hydrogens (tertiary/aromatic N) is 2. The molecule has 0 amide bonds. The van der Waals surface area contributed by atoms with Crippen LogP contribution in [0.1, 0.15) is 17.5 Å². The average molecular weight is 324 g/mol. The van der Waals surface area contributed by atoms with Gasteiger partial charge in [0.05, 0.1) is 0 Å². The maximum Gasteiger partial charge on any atom is 0.0446 e. The zero-order valence-corrected chi connectivity index (χ0v) is 14.3. The van der Waals surface area contributed by atoms with Crippen LogP contribution < -0.4 is 0 Å². The fraction of sp³-hybridized carbons (Fsp3) is 0.429. The Morgan fingerprint density at radius 1 is 0.875 bits per heavy atom. The number of hydrogen-bond acceptors (Lipinski definition) is 3. The lowest BCUT2D eigenvalue weighted by molar-refractivity contribution is 0.0543. The lowest BCUT2D eigenvalue weighted by atomic mass is 10.1. The van der Waals surface area contributed by atoms with Gasteiger partial charge in [-0.1, -0.05) is 60.7 Å². The Bertz CT molecular complexity index is 587. The SMILES string of the molecule is OCC[C@H]1CN(CCc2ccccc2)CCN1Cc1ccccc1. The van der Waals surface area contributed by atoms with Crippen LogP contribution in [0, 0.1) is 0 Å². The summed E-state index contributed by atoms with van der Waals surface area (Å²) in [4.78, 5) is 5.08. The van der Waals surface area contributed by atoms with Gasteiger partial charge < -0.3 is 10.0 Å². The smallest absolute Gasteiger partial charge is 0.0446 e. The Morgan fingerprint density at radius 2 is 1.54 bits per heavy atom. The summed E-state index contributed by atoms with van der Waals surface area (Å²) in [6.07, 6.45) is 1.96. The zero-order chi connectivity index (χ0) is 16.6. The average Bonchev–Trinajstić information content (AvgIpc) is 2.64. The van der Waals surface area contributed by atoms with Gasteiger partial charge in [-0.25, -0.2) is 0 Å². The van der Waals surface area contributed by atoms with E-state index in [-0.39, 0.29) is 6.61 Å². The minimum atomic E-state index is 0.266. The van der Waals surface area contributed by atoms with Gasteiger partial charge in [-0.15, -0.1) is 0 Å². The van der Waals surface area contributed by atoms with E-state index in [2.05, 4.69) is 70.5 Å². The highest BCUT2D eigenvalue weighted by Crippen LogP contribution is 2.17. The van der Waals surface area contributed by atoms with Crippen molar-refractivity contribution in [3.05, 3.63) is 71.8 Å². The molecule has 1 heterocycles. The van der Waals surface area contributed by atoms with Crippen molar-refractivity contribution in [2.75, 3.05) is 32.8 Å². The second-order valence-electron chi connectivity index (χ2n) is 6.66. The Morgan fingerprint density at radius 3 is 2.21 bits per heavy atom. The Labute approximate surface area is 145 Å². The lowest BCUT2D eigenvalue weighted by Gasteiger charge is -2.41. The standard InChI is InChI=1S/C21H28N2O/c24-16-12-21-18-22(13-11-19-7-3-1-4-8-19)14-15-23(21)17-20-9-5-2-6-10-20/h1-10,21,24H,11-18H2/t21-/m0/s1. The summed E-state index contributed by atoms with van der Waals surface area (Å²) in [5, 5.41) is 9.45. The minimum absolute atomic E-state index is 0.266. The predicted molar refractivity (Wildman–Crippen MR) is 98.9 cm³/mol. The summed E-state index contributed by atoms with van der Waals surface area (Å²) in [7, 11) is 0. The first-order valence-electron chi connectivity index (χ1n) is 9.00. The van der Waals surface area contributed by atoms with Crippen LogP contribution in [0.4, 0.5) is 0 Å². The molecular weight excluding hydrogens is 296 g/mol. The number of aliphatic hydroxyl groups is 1. The third kappa shape index (κ3) is 4.91. The van der Waals surface area contributed by atoms with Crippen molar-refractivity contribution in [1.82, 2.24) is 9.80 Å². The highest BCUT2D eigenvalue weighted by Gasteiger charge is 2.26. The van der Waals surface area contributed by atoms with Gasteiger partial charge in [-0.2, -0.15) is 0 Å². The van der Waals surface area contributed by atoms with Crippen molar-refractivity contribution in [1.29, 1.82) is 0 Å². The number of benzene rings is 2. The molecule has 128 valence electrons. The molecule has 3 heteroatoms. The van der Waals surface area contributed by atoms with Crippen LogP contribution in [0.15, 0.2) is 60.7 Å². The molecule has 2 aromatic rings. The molecule has 0 spiro atoms. The van der Waals surface area contributed by atoms with Crippen molar-refractivity contribution < 1.29 is 5.11 Å². The van der Waals surface area contributed by atoms with Crippen molar-refractivity contribution in [3.63, 3.8) is 0 Å². The first kappa shape index (κ1) is 17.2. The van der Waals surface area contributed by atoms with Crippen LogP contribution >= 0.6 is 0 Å². The molecule has 0 bridgehead atoms. The fourth-order valence-corrected chi connectivity index (χ4v) is 3.54. The number of rotatable bonds is 7. The second-order valence-corrected chi connectivity index (χ2v) is 6.66. The van der Waals surface area contributed by atoms with Gasteiger partial charge in [0.25, 0.3) is 0 Å². The molecule has 2 aromatic carbocycles. The van der Waals surface area contributed by atoms with Gasteiger partial charge in [0.2, 0.25) is 0 Å². The van der Waals surface area contributed by atoms with Crippen LogP contribution in [-0.4, -0.2) is 53.7 Å². The van der Waals surface area contributed by atoms with Gasteiger partial charge >= 0.3 is 0 Å². The Balaban J connectivity index is 1.54. The van der Waals surface area contributed by atoms with E-state index in [1.54, 1.807) is 0 Å². The van der Waals surface area contributed by atoms with Crippen molar-refractivity contribution in [2.45, 2.75) is 25.4 Å². The first-order valence-corrected chi connectivity index (χ1v) is 9.00. The summed E-state index contributed by atoms with van der Waals surface area (Å²) < 4.78 is 0. The van der Waals surface area contributed by atoms with Crippen LogP contribution in [-0.2, 0) is 13.0 Å². The third-order valence-corrected chi connectivity index (χ3v) is 4.94. The molecule has 1 atom stereocenters. The van der Waals surface area contributed by atoms with E-state index < -0.39 is 0 Å². The minimum Gasteiger partial charge on any atom is -0.396 e. The van der Waals surface area contributed by atoms with Crippen LogP contribution in [0.2, 0.25) is 0 Å². The summed E-state index contributed by atoms with van der Waals surface area (Å²) >= 11 is 0. The number of aliphatic hydroxyl groups excluding tert-OH is 1. The van der Waals surface area contributed by atoms with E-state index in [4.69, 9.17) is 0 Å². The molecule has 3 rings (SSSR count). The maximum atomic E-state index is 9.45. The van der Waals surface area contributed by atoms with Crippen molar-refractivity contribution in [2.24, 2.45) is 0 Å². The monoisotopic (exact) mass is 324 g/mol. The molecule has 0 aliphatic carbocycles. The van der Waals surface area contributed by atoms with E-state index in [1.807, 2.05) is 0 Å². The van der Waals surface area contributed by atoms with Gasteiger partial charge in [-0.3, -0.25) is 4.90 Å². The zero-order valence-electron chi connectivity index (χ0n) is 14.3. The molecule has 1 N–H and O–H groups in total. The highest BCUT2D eigenvalue weighted by molar-refractivity contribution is 5.16. The molecule has 0 unspecified atom stereocenters. The number of hydrogen-bond donors (Lipinski definition) is 1. The normalized spacial score (nSPS) is 19.5. The molecule has 24 heavy (non-hydrogen) atoms. The topological polar surface area (TPSA) is 26.7 Å². The molecule has 1 aliphatic rings.